The van der Waals surface area contributed by atoms with Crippen LogP contribution in [0.5, 0.6) is 5.75 Å². The molecule has 0 saturated heterocycles. The molecule has 0 unspecified atom stereocenters. The molecule has 2 heteroatoms. The lowest BCUT2D eigenvalue weighted by atomic mass is 9.76. The first-order valence-electron chi connectivity index (χ1n) is 6.33. The summed E-state index contributed by atoms with van der Waals surface area (Å²) in [6.45, 7) is 14.2. The van der Waals surface area contributed by atoms with Gasteiger partial charge in [0.1, 0.15) is 12.0 Å². The monoisotopic (exact) mass is 248 g/mol. The van der Waals surface area contributed by atoms with Gasteiger partial charge in [-0.15, -0.1) is 0 Å². The smallest absolute Gasteiger partial charge is 0.150 e. The van der Waals surface area contributed by atoms with Crippen molar-refractivity contribution in [3.8, 4) is 5.75 Å². The number of carbonyl (C=O) groups is 1. The molecule has 1 N–H and O–H groups in total. The summed E-state index contributed by atoms with van der Waals surface area (Å²) >= 11 is 0. The van der Waals surface area contributed by atoms with E-state index in [0.29, 0.717) is 11.3 Å². The summed E-state index contributed by atoms with van der Waals surface area (Å²) in [7, 11) is 0. The second kappa shape index (κ2) is 4.42. The van der Waals surface area contributed by atoms with E-state index in [-0.39, 0.29) is 10.8 Å². The molecule has 18 heavy (non-hydrogen) atoms. The van der Waals surface area contributed by atoms with Crippen molar-refractivity contribution in [2.75, 3.05) is 0 Å². The van der Waals surface area contributed by atoms with E-state index in [2.05, 4.69) is 20.8 Å². The number of hydrogen-bond donors (Lipinski definition) is 1. The van der Waals surface area contributed by atoms with Gasteiger partial charge < -0.3 is 5.11 Å². The summed E-state index contributed by atoms with van der Waals surface area (Å²) < 4.78 is 0. The van der Waals surface area contributed by atoms with Crippen molar-refractivity contribution in [1.29, 1.82) is 0 Å². The Bertz CT molecular complexity index is 471. The first-order chi connectivity index (χ1) is 8.00. The van der Waals surface area contributed by atoms with Gasteiger partial charge in [-0.05, 0) is 29.4 Å². The summed E-state index contributed by atoms with van der Waals surface area (Å²) in [4.78, 5) is 11.2. The number of phenols is 1. The number of aromatic hydroxyl groups is 1. The first-order valence-corrected chi connectivity index (χ1v) is 6.33. The third-order valence-electron chi connectivity index (χ3n) is 3.28. The molecule has 0 radical (unpaired) electrons. The van der Waals surface area contributed by atoms with Gasteiger partial charge in [0.2, 0.25) is 0 Å². The normalized spacial score (nSPS) is 12.6. The fraction of sp³-hybridized carbons (Fsp3) is 0.562. The summed E-state index contributed by atoms with van der Waals surface area (Å²) in [5.41, 5.74) is 2.88. The highest BCUT2D eigenvalue weighted by Gasteiger charge is 2.28. The second-order valence-corrected chi connectivity index (χ2v) is 6.98. The molecule has 100 valence electrons. The Hall–Kier alpha value is -1.31. The Morgan fingerprint density at radius 1 is 1.06 bits per heavy atom. The first kappa shape index (κ1) is 14.7. The Morgan fingerprint density at radius 3 is 1.89 bits per heavy atom. The standard InChI is InChI=1S/C16H24O2/c1-10-11(9-17)8-12(15(2,3)4)14(18)13(10)16(5,6)7/h8-9,18H,1-7H3. The van der Waals surface area contributed by atoms with Gasteiger partial charge in [0.25, 0.3) is 0 Å². The number of hydrogen-bond acceptors (Lipinski definition) is 2. The molecule has 1 aromatic carbocycles. The zero-order chi connectivity index (χ0) is 14.3. The van der Waals surface area contributed by atoms with E-state index in [9.17, 15) is 9.90 Å². The SMILES string of the molecule is Cc1c(C=O)cc(C(C)(C)C)c(O)c1C(C)(C)C. The Morgan fingerprint density at radius 2 is 1.56 bits per heavy atom. The second-order valence-electron chi connectivity index (χ2n) is 6.98. The third kappa shape index (κ3) is 2.58. The number of aldehydes is 1. The molecule has 0 amide bonds. The topological polar surface area (TPSA) is 37.3 Å². The van der Waals surface area contributed by atoms with Crippen LogP contribution in [0.4, 0.5) is 0 Å². The van der Waals surface area contributed by atoms with Crippen molar-refractivity contribution in [2.24, 2.45) is 0 Å². The van der Waals surface area contributed by atoms with Gasteiger partial charge in [-0.2, -0.15) is 0 Å². The zero-order valence-corrected chi connectivity index (χ0v) is 12.5. The van der Waals surface area contributed by atoms with Crippen molar-refractivity contribution in [3.63, 3.8) is 0 Å². The molecule has 0 saturated carbocycles. The van der Waals surface area contributed by atoms with E-state index in [4.69, 9.17) is 0 Å². The van der Waals surface area contributed by atoms with Crippen molar-refractivity contribution in [2.45, 2.75) is 59.3 Å². The fourth-order valence-corrected chi connectivity index (χ4v) is 2.40. The van der Waals surface area contributed by atoms with Crippen LogP contribution in [-0.2, 0) is 10.8 Å². The highest BCUT2D eigenvalue weighted by molar-refractivity contribution is 5.80. The molecule has 0 fully saturated rings. The van der Waals surface area contributed by atoms with Crippen LogP contribution in [0.3, 0.4) is 0 Å². The lowest BCUT2D eigenvalue weighted by molar-refractivity contribution is 0.112. The molecule has 0 aliphatic heterocycles. The average molecular weight is 248 g/mol. The molecule has 1 aromatic rings. The van der Waals surface area contributed by atoms with Crippen LogP contribution < -0.4 is 0 Å². The number of benzene rings is 1. The van der Waals surface area contributed by atoms with Crippen molar-refractivity contribution in [3.05, 3.63) is 28.3 Å². The molecule has 0 atom stereocenters. The van der Waals surface area contributed by atoms with Crippen molar-refractivity contribution in [1.82, 2.24) is 0 Å². The Balaban J connectivity index is 3.76. The number of phenolic OH excluding ortho intramolecular Hbond substituents is 1. The predicted octanol–water partition coefficient (Wildman–Crippen LogP) is 4.11. The van der Waals surface area contributed by atoms with Gasteiger partial charge in [-0.25, -0.2) is 0 Å². The highest BCUT2D eigenvalue weighted by atomic mass is 16.3. The van der Waals surface area contributed by atoms with E-state index in [1.807, 2.05) is 33.8 Å². The molecular formula is C16H24O2. The zero-order valence-electron chi connectivity index (χ0n) is 12.5. The van der Waals surface area contributed by atoms with Gasteiger partial charge in [0.15, 0.2) is 0 Å². The molecular weight excluding hydrogens is 224 g/mol. The minimum absolute atomic E-state index is 0.185. The summed E-state index contributed by atoms with van der Waals surface area (Å²) in [5.74, 6) is 0.332. The minimum Gasteiger partial charge on any atom is -0.507 e. The molecule has 0 spiro atoms. The maximum atomic E-state index is 11.2. The molecule has 0 bridgehead atoms. The molecule has 2 nitrogen and oxygen atoms in total. The Labute approximate surface area is 110 Å². The van der Waals surface area contributed by atoms with Crippen molar-refractivity contribution >= 4 is 6.29 Å². The van der Waals surface area contributed by atoms with Crippen LogP contribution in [0.2, 0.25) is 0 Å². The molecule has 0 aromatic heterocycles. The largest absolute Gasteiger partial charge is 0.507 e. The van der Waals surface area contributed by atoms with Gasteiger partial charge in [-0.3, -0.25) is 4.79 Å². The fourth-order valence-electron chi connectivity index (χ4n) is 2.40. The molecule has 0 heterocycles. The highest BCUT2D eigenvalue weighted by Crippen LogP contribution is 2.41. The van der Waals surface area contributed by atoms with Crippen LogP contribution in [0, 0.1) is 6.92 Å². The number of carbonyl (C=O) groups excluding carboxylic acids is 1. The maximum absolute atomic E-state index is 11.2. The average Bonchev–Trinajstić information content (AvgIpc) is 2.13. The van der Waals surface area contributed by atoms with E-state index >= 15 is 0 Å². The van der Waals surface area contributed by atoms with Crippen LogP contribution in [0.1, 0.15) is 68.6 Å². The van der Waals surface area contributed by atoms with Crippen LogP contribution >= 0.6 is 0 Å². The van der Waals surface area contributed by atoms with Gasteiger partial charge in [-0.1, -0.05) is 41.5 Å². The van der Waals surface area contributed by atoms with E-state index in [1.54, 1.807) is 0 Å². The molecule has 0 aliphatic rings. The molecule has 1 rings (SSSR count). The van der Waals surface area contributed by atoms with E-state index in [0.717, 1.165) is 23.0 Å². The predicted molar refractivity (Wildman–Crippen MR) is 75.6 cm³/mol. The maximum Gasteiger partial charge on any atom is 0.150 e. The van der Waals surface area contributed by atoms with Gasteiger partial charge in [0.05, 0.1) is 0 Å². The number of rotatable bonds is 1. The summed E-state index contributed by atoms with van der Waals surface area (Å²) in [6, 6.07) is 1.81. The summed E-state index contributed by atoms with van der Waals surface area (Å²) in [6.07, 6.45) is 0.874. The quantitative estimate of drug-likeness (QED) is 0.759. The van der Waals surface area contributed by atoms with Gasteiger partial charge in [0, 0.05) is 16.7 Å². The molecule has 0 aliphatic carbocycles. The van der Waals surface area contributed by atoms with Crippen LogP contribution in [-0.4, -0.2) is 11.4 Å². The Kier molecular flexibility index (Phi) is 3.62. The third-order valence-corrected chi connectivity index (χ3v) is 3.28. The summed E-state index contributed by atoms with van der Waals surface area (Å²) in [5, 5.41) is 10.5. The van der Waals surface area contributed by atoms with Crippen LogP contribution in [0.15, 0.2) is 6.07 Å². The van der Waals surface area contributed by atoms with E-state index in [1.165, 1.54) is 0 Å². The van der Waals surface area contributed by atoms with Crippen molar-refractivity contribution < 1.29 is 9.90 Å². The lowest BCUT2D eigenvalue weighted by Gasteiger charge is -2.29. The lowest BCUT2D eigenvalue weighted by Crippen LogP contribution is -2.19. The van der Waals surface area contributed by atoms with Crippen LogP contribution in [0.25, 0.3) is 0 Å². The van der Waals surface area contributed by atoms with Gasteiger partial charge >= 0.3 is 0 Å². The minimum atomic E-state index is -0.187. The van der Waals surface area contributed by atoms with E-state index < -0.39 is 0 Å².